The van der Waals surface area contributed by atoms with Crippen LogP contribution in [0.25, 0.3) is 0 Å². The molecule has 3 N–H and O–H groups in total. The molecular weight excluding hydrogens is 242 g/mol. The average Bonchev–Trinajstić information content (AvgIpc) is 2.78. The van der Waals surface area contributed by atoms with Crippen molar-refractivity contribution in [2.45, 2.75) is 39.8 Å². The molecule has 0 saturated carbocycles. The highest BCUT2D eigenvalue weighted by Crippen LogP contribution is 2.19. The van der Waals surface area contributed by atoms with Crippen molar-refractivity contribution in [3.63, 3.8) is 0 Å². The highest BCUT2D eigenvalue weighted by molar-refractivity contribution is 5.82. The predicted molar refractivity (Wildman–Crippen MR) is 74.0 cm³/mol. The van der Waals surface area contributed by atoms with Crippen LogP contribution in [0, 0.1) is 12.8 Å². The minimum absolute atomic E-state index is 0.165. The lowest BCUT2D eigenvalue weighted by atomic mass is 9.97. The molecule has 1 fully saturated rings. The summed E-state index contributed by atoms with van der Waals surface area (Å²) < 4.78 is 2.04. The lowest BCUT2D eigenvalue weighted by molar-refractivity contribution is 0.188. The molecule has 1 aliphatic heterocycles. The largest absolute Gasteiger partial charge is 0.409 e. The number of oxime groups is 1. The summed E-state index contributed by atoms with van der Waals surface area (Å²) in [6.45, 7) is 7.80. The maximum absolute atomic E-state index is 8.78. The smallest absolute Gasteiger partial charge is 0.143 e. The van der Waals surface area contributed by atoms with Crippen molar-refractivity contribution < 1.29 is 5.21 Å². The van der Waals surface area contributed by atoms with Crippen molar-refractivity contribution in [2.75, 3.05) is 13.1 Å². The van der Waals surface area contributed by atoms with Crippen LogP contribution in [-0.4, -0.2) is 38.8 Å². The van der Waals surface area contributed by atoms with Crippen LogP contribution >= 0.6 is 0 Å². The van der Waals surface area contributed by atoms with Gasteiger partial charge in [-0.3, -0.25) is 9.58 Å². The van der Waals surface area contributed by atoms with Crippen molar-refractivity contribution >= 4 is 5.84 Å². The Hall–Kier alpha value is -1.56. The van der Waals surface area contributed by atoms with Crippen LogP contribution in [0.15, 0.2) is 11.2 Å². The van der Waals surface area contributed by atoms with Gasteiger partial charge in [0.1, 0.15) is 5.84 Å². The molecule has 1 aromatic rings. The van der Waals surface area contributed by atoms with E-state index in [4.69, 9.17) is 10.9 Å². The van der Waals surface area contributed by atoms with Gasteiger partial charge in [-0.1, -0.05) is 5.16 Å². The van der Waals surface area contributed by atoms with E-state index in [0.29, 0.717) is 5.84 Å². The Morgan fingerprint density at radius 2 is 2.42 bits per heavy atom. The van der Waals surface area contributed by atoms with Crippen molar-refractivity contribution in [1.29, 1.82) is 0 Å². The Morgan fingerprint density at radius 3 is 3.11 bits per heavy atom. The van der Waals surface area contributed by atoms with Gasteiger partial charge >= 0.3 is 0 Å². The zero-order valence-electron chi connectivity index (χ0n) is 11.7. The molecule has 1 aliphatic rings. The van der Waals surface area contributed by atoms with Crippen LogP contribution in [0.4, 0.5) is 0 Å². The SMILES string of the molecule is CCn1nc(C)cc1CN1CCCC(C(N)=NO)C1. The highest BCUT2D eigenvalue weighted by atomic mass is 16.4. The fraction of sp³-hybridized carbons (Fsp3) is 0.692. The molecule has 0 aliphatic carbocycles. The van der Waals surface area contributed by atoms with E-state index >= 15 is 0 Å². The molecule has 1 aromatic heterocycles. The maximum Gasteiger partial charge on any atom is 0.143 e. The third-order valence-corrected chi connectivity index (χ3v) is 3.71. The van der Waals surface area contributed by atoms with Gasteiger partial charge < -0.3 is 10.9 Å². The minimum atomic E-state index is 0.165. The molecule has 2 rings (SSSR count). The third-order valence-electron chi connectivity index (χ3n) is 3.71. The van der Waals surface area contributed by atoms with Gasteiger partial charge in [0, 0.05) is 25.6 Å². The Bertz CT molecular complexity index is 454. The average molecular weight is 265 g/mol. The summed E-state index contributed by atoms with van der Waals surface area (Å²) >= 11 is 0. The molecule has 2 heterocycles. The van der Waals surface area contributed by atoms with Gasteiger partial charge in [-0.2, -0.15) is 5.10 Å². The second-order valence-corrected chi connectivity index (χ2v) is 5.19. The normalized spacial score (nSPS) is 21.8. The van der Waals surface area contributed by atoms with Crippen LogP contribution in [0.3, 0.4) is 0 Å². The second kappa shape index (κ2) is 6.06. The number of nitrogens with two attached hydrogens (primary N) is 1. The number of aromatic nitrogens is 2. The van der Waals surface area contributed by atoms with Gasteiger partial charge in [0.25, 0.3) is 0 Å². The number of aryl methyl sites for hydroxylation is 2. The summed E-state index contributed by atoms with van der Waals surface area (Å²) in [5, 5.41) is 16.4. The monoisotopic (exact) mass is 265 g/mol. The number of likely N-dealkylation sites (tertiary alicyclic amines) is 1. The summed E-state index contributed by atoms with van der Waals surface area (Å²) in [6, 6.07) is 2.14. The molecule has 19 heavy (non-hydrogen) atoms. The van der Waals surface area contributed by atoms with Gasteiger partial charge in [-0.25, -0.2) is 0 Å². The van der Waals surface area contributed by atoms with Gasteiger partial charge in [0.05, 0.1) is 11.4 Å². The fourth-order valence-corrected chi connectivity index (χ4v) is 2.75. The lowest BCUT2D eigenvalue weighted by Crippen LogP contribution is -2.41. The zero-order valence-corrected chi connectivity index (χ0v) is 11.7. The molecular formula is C13H23N5O. The zero-order chi connectivity index (χ0) is 13.8. The topological polar surface area (TPSA) is 79.7 Å². The van der Waals surface area contributed by atoms with E-state index in [1.807, 2.05) is 11.6 Å². The molecule has 0 amide bonds. The van der Waals surface area contributed by atoms with E-state index in [9.17, 15) is 0 Å². The summed E-state index contributed by atoms with van der Waals surface area (Å²) in [5.74, 6) is 0.516. The number of amidine groups is 1. The van der Waals surface area contributed by atoms with Crippen LogP contribution in [0.2, 0.25) is 0 Å². The molecule has 106 valence electrons. The predicted octanol–water partition coefficient (Wildman–Crippen LogP) is 1.17. The van der Waals surface area contributed by atoms with Crippen LogP contribution in [0.1, 0.15) is 31.2 Å². The van der Waals surface area contributed by atoms with E-state index in [0.717, 1.165) is 44.7 Å². The van der Waals surface area contributed by atoms with Crippen LogP contribution in [-0.2, 0) is 13.1 Å². The number of hydrogen-bond donors (Lipinski definition) is 2. The Kier molecular flexibility index (Phi) is 4.42. The lowest BCUT2D eigenvalue weighted by Gasteiger charge is -2.31. The van der Waals surface area contributed by atoms with Crippen LogP contribution in [0.5, 0.6) is 0 Å². The van der Waals surface area contributed by atoms with E-state index in [-0.39, 0.29) is 5.92 Å². The second-order valence-electron chi connectivity index (χ2n) is 5.19. The van der Waals surface area contributed by atoms with Gasteiger partial charge in [-0.15, -0.1) is 0 Å². The molecule has 6 heteroatoms. The first-order valence-corrected chi connectivity index (χ1v) is 6.87. The number of piperidine rings is 1. The first-order chi connectivity index (χ1) is 9.13. The Morgan fingerprint density at radius 1 is 1.63 bits per heavy atom. The van der Waals surface area contributed by atoms with E-state index < -0.39 is 0 Å². The third kappa shape index (κ3) is 3.26. The quantitative estimate of drug-likeness (QED) is 0.371. The molecule has 0 radical (unpaired) electrons. The molecule has 1 unspecified atom stereocenters. The Labute approximate surface area is 113 Å². The van der Waals surface area contributed by atoms with E-state index in [2.05, 4.69) is 28.1 Å². The number of hydrogen-bond acceptors (Lipinski definition) is 4. The number of rotatable bonds is 4. The first-order valence-electron chi connectivity index (χ1n) is 6.87. The minimum Gasteiger partial charge on any atom is -0.409 e. The summed E-state index contributed by atoms with van der Waals surface area (Å²) in [5.41, 5.74) is 8.01. The maximum atomic E-state index is 8.78. The molecule has 0 aromatic carbocycles. The molecule has 0 spiro atoms. The summed E-state index contributed by atoms with van der Waals surface area (Å²) in [7, 11) is 0. The fourth-order valence-electron chi connectivity index (χ4n) is 2.75. The summed E-state index contributed by atoms with van der Waals surface area (Å²) in [4.78, 5) is 2.36. The van der Waals surface area contributed by atoms with E-state index in [1.54, 1.807) is 0 Å². The number of nitrogens with zero attached hydrogens (tertiary/aromatic N) is 4. The first kappa shape index (κ1) is 13.9. The standard InChI is InChI=1S/C13H23N5O/c1-3-18-12(7-10(2)15-18)9-17-6-4-5-11(8-17)13(14)16-19/h7,11,19H,3-6,8-9H2,1-2H3,(H2,14,16). The molecule has 0 bridgehead atoms. The van der Waals surface area contributed by atoms with Gasteiger partial charge in [-0.05, 0) is 39.3 Å². The van der Waals surface area contributed by atoms with Crippen molar-refractivity contribution in [2.24, 2.45) is 16.8 Å². The van der Waals surface area contributed by atoms with Gasteiger partial charge in [0.2, 0.25) is 0 Å². The van der Waals surface area contributed by atoms with Crippen LogP contribution < -0.4 is 5.73 Å². The molecule has 1 atom stereocenters. The Balaban J connectivity index is 2.02. The van der Waals surface area contributed by atoms with Crippen molar-refractivity contribution in [3.05, 3.63) is 17.5 Å². The summed E-state index contributed by atoms with van der Waals surface area (Å²) in [6.07, 6.45) is 2.08. The van der Waals surface area contributed by atoms with Crippen molar-refractivity contribution in [1.82, 2.24) is 14.7 Å². The van der Waals surface area contributed by atoms with E-state index in [1.165, 1.54) is 5.69 Å². The van der Waals surface area contributed by atoms with Gasteiger partial charge in [0.15, 0.2) is 0 Å². The molecule has 6 nitrogen and oxygen atoms in total. The molecule has 1 saturated heterocycles. The van der Waals surface area contributed by atoms with Crippen molar-refractivity contribution in [3.8, 4) is 0 Å². The highest BCUT2D eigenvalue weighted by Gasteiger charge is 2.23.